The predicted molar refractivity (Wildman–Crippen MR) is 78.2 cm³/mol. The number of methoxy groups -OCH3 is 2. The zero-order valence-corrected chi connectivity index (χ0v) is 12.3. The first-order chi connectivity index (χ1) is 9.08. The molecule has 1 aromatic heterocycles. The summed E-state index contributed by atoms with van der Waals surface area (Å²) >= 11 is 0. The Morgan fingerprint density at radius 2 is 1.89 bits per heavy atom. The van der Waals surface area contributed by atoms with Crippen LogP contribution in [0.5, 0.6) is 11.5 Å². The van der Waals surface area contributed by atoms with Crippen LogP contribution < -0.4 is 9.47 Å². The van der Waals surface area contributed by atoms with Crippen molar-refractivity contribution >= 4 is 10.9 Å². The maximum absolute atomic E-state index is 5.47. The van der Waals surface area contributed by atoms with Crippen molar-refractivity contribution < 1.29 is 9.47 Å². The molecule has 0 fully saturated rings. The predicted octanol–water partition coefficient (Wildman–Crippen LogP) is 2.61. The van der Waals surface area contributed by atoms with Crippen molar-refractivity contribution in [3.05, 3.63) is 24.4 Å². The van der Waals surface area contributed by atoms with Gasteiger partial charge in [-0.25, -0.2) is 0 Å². The van der Waals surface area contributed by atoms with Crippen molar-refractivity contribution in [2.45, 2.75) is 19.5 Å². The van der Waals surface area contributed by atoms with Gasteiger partial charge in [-0.05, 0) is 39.2 Å². The molecule has 0 saturated carbocycles. The third-order valence-electron chi connectivity index (χ3n) is 3.63. The molecular formula is C15H22N2O2. The Morgan fingerprint density at radius 3 is 2.47 bits per heavy atom. The Bertz CT molecular complexity index is 561. The van der Waals surface area contributed by atoms with Gasteiger partial charge in [-0.15, -0.1) is 0 Å². The van der Waals surface area contributed by atoms with E-state index < -0.39 is 0 Å². The molecule has 4 heteroatoms. The van der Waals surface area contributed by atoms with E-state index in [2.05, 4.69) is 48.8 Å². The van der Waals surface area contributed by atoms with Crippen molar-refractivity contribution in [1.29, 1.82) is 0 Å². The second-order valence-electron chi connectivity index (χ2n) is 5.01. The van der Waals surface area contributed by atoms with Crippen LogP contribution in [-0.2, 0) is 6.54 Å². The highest BCUT2D eigenvalue weighted by Crippen LogP contribution is 2.35. The summed E-state index contributed by atoms with van der Waals surface area (Å²) in [6.07, 6.45) is 2.10. The van der Waals surface area contributed by atoms with Gasteiger partial charge in [0.05, 0.1) is 19.7 Å². The summed E-state index contributed by atoms with van der Waals surface area (Å²) in [5.41, 5.74) is 1.17. The minimum absolute atomic E-state index is 0.476. The lowest BCUT2D eigenvalue weighted by molar-refractivity contribution is 0.286. The Kier molecular flexibility index (Phi) is 4.00. The lowest BCUT2D eigenvalue weighted by Gasteiger charge is -2.21. The number of ether oxygens (including phenoxy) is 2. The first kappa shape index (κ1) is 13.7. The monoisotopic (exact) mass is 262 g/mol. The van der Waals surface area contributed by atoms with Crippen molar-refractivity contribution in [1.82, 2.24) is 9.47 Å². The lowest BCUT2D eigenvalue weighted by Crippen LogP contribution is -2.28. The maximum atomic E-state index is 5.47. The summed E-state index contributed by atoms with van der Waals surface area (Å²) in [4.78, 5) is 2.21. The van der Waals surface area contributed by atoms with E-state index in [0.29, 0.717) is 6.04 Å². The van der Waals surface area contributed by atoms with Crippen molar-refractivity contribution in [2.24, 2.45) is 0 Å². The van der Waals surface area contributed by atoms with Crippen molar-refractivity contribution in [3.8, 4) is 11.5 Å². The van der Waals surface area contributed by atoms with Crippen LogP contribution in [0, 0.1) is 0 Å². The molecule has 2 aromatic rings. The fraction of sp³-hybridized carbons (Fsp3) is 0.467. The number of aromatic nitrogens is 1. The second kappa shape index (κ2) is 5.53. The number of fused-ring (bicyclic) bond motifs is 1. The Hall–Kier alpha value is -1.68. The van der Waals surface area contributed by atoms with Crippen LogP contribution in [0.2, 0.25) is 0 Å². The van der Waals surface area contributed by atoms with Crippen LogP contribution >= 0.6 is 0 Å². The third-order valence-corrected chi connectivity index (χ3v) is 3.63. The average Bonchev–Trinajstić information content (AvgIpc) is 2.80. The van der Waals surface area contributed by atoms with Gasteiger partial charge in [-0.1, -0.05) is 0 Å². The molecular weight excluding hydrogens is 240 g/mol. The van der Waals surface area contributed by atoms with Crippen LogP contribution in [0.1, 0.15) is 6.92 Å². The number of nitrogens with zero attached hydrogens (tertiary/aromatic N) is 2. The van der Waals surface area contributed by atoms with Crippen LogP contribution in [0.4, 0.5) is 0 Å². The van der Waals surface area contributed by atoms with Crippen LogP contribution in [-0.4, -0.2) is 43.8 Å². The molecule has 0 amide bonds. The van der Waals surface area contributed by atoms with E-state index in [1.165, 1.54) is 5.52 Å². The van der Waals surface area contributed by atoms with E-state index in [1.54, 1.807) is 14.2 Å². The lowest BCUT2D eigenvalue weighted by atomic mass is 10.2. The summed E-state index contributed by atoms with van der Waals surface area (Å²) in [6.45, 7) is 3.17. The van der Waals surface area contributed by atoms with E-state index in [4.69, 9.17) is 9.47 Å². The molecule has 4 nitrogen and oxygen atoms in total. The van der Waals surface area contributed by atoms with E-state index in [1.807, 2.05) is 6.07 Å². The number of rotatable bonds is 5. The fourth-order valence-corrected chi connectivity index (χ4v) is 2.20. The molecule has 0 radical (unpaired) electrons. The Labute approximate surface area is 114 Å². The highest BCUT2D eigenvalue weighted by Gasteiger charge is 2.13. The normalized spacial score (nSPS) is 12.9. The molecule has 0 aliphatic heterocycles. The number of hydrogen-bond acceptors (Lipinski definition) is 3. The van der Waals surface area contributed by atoms with Gasteiger partial charge in [-0.2, -0.15) is 0 Å². The van der Waals surface area contributed by atoms with Crippen LogP contribution in [0.3, 0.4) is 0 Å². The van der Waals surface area contributed by atoms with Crippen LogP contribution in [0.25, 0.3) is 10.9 Å². The van der Waals surface area contributed by atoms with Crippen molar-refractivity contribution in [2.75, 3.05) is 28.3 Å². The summed E-state index contributed by atoms with van der Waals surface area (Å²) < 4.78 is 13.0. The summed E-state index contributed by atoms with van der Waals surface area (Å²) in [5, 5.41) is 1.09. The van der Waals surface area contributed by atoms with E-state index in [9.17, 15) is 0 Å². The van der Waals surface area contributed by atoms with Gasteiger partial charge in [0.1, 0.15) is 0 Å². The molecule has 0 saturated heterocycles. The highest BCUT2D eigenvalue weighted by atomic mass is 16.5. The largest absolute Gasteiger partial charge is 0.493 e. The van der Waals surface area contributed by atoms with Crippen LogP contribution in [0.15, 0.2) is 24.4 Å². The number of benzene rings is 1. The molecule has 104 valence electrons. The third kappa shape index (κ3) is 2.54. The summed E-state index contributed by atoms with van der Waals surface area (Å²) in [7, 11) is 7.53. The smallest absolute Gasteiger partial charge is 0.170 e. The van der Waals surface area contributed by atoms with Gasteiger partial charge < -0.3 is 18.9 Å². The topological polar surface area (TPSA) is 26.6 Å². The molecule has 2 rings (SSSR count). The van der Waals surface area contributed by atoms with E-state index >= 15 is 0 Å². The number of likely N-dealkylation sites (N-methyl/N-ethyl adjacent to an activating group) is 1. The van der Waals surface area contributed by atoms with Gasteiger partial charge in [-0.3, -0.25) is 0 Å². The second-order valence-corrected chi connectivity index (χ2v) is 5.01. The maximum Gasteiger partial charge on any atom is 0.170 e. The SMILES string of the molecule is COc1ccc2c(ccn2CC(C)N(C)C)c1OC. The van der Waals surface area contributed by atoms with E-state index in [-0.39, 0.29) is 0 Å². The fourth-order valence-electron chi connectivity index (χ4n) is 2.20. The molecule has 19 heavy (non-hydrogen) atoms. The zero-order chi connectivity index (χ0) is 14.0. The molecule has 0 aliphatic carbocycles. The molecule has 1 aromatic carbocycles. The van der Waals surface area contributed by atoms with Gasteiger partial charge in [0.2, 0.25) is 0 Å². The Morgan fingerprint density at radius 1 is 1.16 bits per heavy atom. The minimum atomic E-state index is 0.476. The summed E-state index contributed by atoms with van der Waals surface area (Å²) in [5.74, 6) is 1.57. The van der Waals surface area contributed by atoms with Gasteiger partial charge in [0.15, 0.2) is 11.5 Å². The van der Waals surface area contributed by atoms with Crippen molar-refractivity contribution in [3.63, 3.8) is 0 Å². The molecule has 1 unspecified atom stereocenters. The summed E-state index contributed by atoms with van der Waals surface area (Å²) in [6, 6.07) is 6.60. The van der Waals surface area contributed by atoms with E-state index in [0.717, 1.165) is 23.4 Å². The van der Waals surface area contributed by atoms with Gasteiger partial charge >= 0.3 is 0 Å². The number of hydrogen-bond donors (Lipinski definition) is 0. The van der Waals surface area contributed by atoms with Gasteiger partial charge in [0, 0.05) is 24.2 Å². The standard InChI is InChI=1S/C15H22N2O2/c1-11(16(2)3)10-17-9-8-12-13(17)6-7-14(18-4)15(12)19-5/h6-9,11H,10H2,1-5H3. The molecule has 1 atom stereocenters. The first-order valence-corrected chi connectivity index (χ1v) is 6.44. The molecule has 0 bridgehead atoms. The highest BCUT2D eigenvalue weighted by molar-refractivity contribution is 5.89. The van der Waals surface area contributed by atoms with Gasteiger partial charge in [0.25, 0.3) is 0 Å². The quantitative estimate of drug-likeness (QED) is 0.828. The molecule has 0 N–H and O–H groups in total. The Balaban J connectivity index is 2.44. The molecule has 0 spiro atoms. The first-order valence-electron chi connectivity index (χ1n) is 6.44. The average molecular weight is 262 g/mol. The zero-order valence-electron chi connectivity index (χ0n) is 12.3. The minimum Gasteiger partial charge on any atom is -0.493 e. The molecule has 0 aliphatic rings. The molecule has 1 heterocycles.